The summed E-state index contributed by atoms with van der Waals surface area (Å²) in [5, 5.41) is 3.37. The normalized spacial score (nSPS) is 24.3. The minimum atomic E-state index is -0.0753. The highest BCUT2D eigenvalue weighted by atomic mass is 35.5. The second-order valence-corrected chi connectivity index (χ2v) is 6.86. The van der Waals surface area contributed by atoms with Crippen molar-refractivity contribution in [2.45, 2.75) is 13.3 Å². The van der Waals surface area contributed by atoms with Crippen molar-refractivity contribution < 1.29 is 9.59 Å². The zero-order valence-corrected chi connectivity index (χ0v) is 14.1. The van der Waals surface area contributed by atoms with Crippen LogP contribution < -0.4 is 5.32 Å². The predicted molar refractivity (Wildman–Crippen MR) is 90.4 cm³/mol. The molecule has 1 heterocycles. The lowest BCUT2D eigenvalue weighted by Gasteiger charge is -2.34. The van der Waals surface area contributed by atoms with Gasteiger partial charge in [0.1, 0.15) is 0 Å². The van der Waals surface area contributed by atoms with Gasteiger partial charge in [0, 0.05) is 32.1 Å². The third-order valence-corrected chi connectivity index (χ3v) is 4.96. The van der Waals surface area contributed by atoms with Crippen molar-refractivity contribution in [3.05, 3.63) is 29.3 Å². The van der Waals surface area contributed by atoms with Crippen molar-refractivity contribution in [2.24, 2.45) is 11.8 Å². The maximum absolute atomic E-state index is 12.2. The standard InChI is InChI=1S/C17H22ClN3O2/c1-12-10-13(12)17(23)21-8-6-20(7-9-21)11-16(22)19-15-5-3-2-4-14(15)18/h2-5,12-13H,6-11H2,1H3,(H,19,22)/t12-,13-/m1/s1. The van der Waals surface area contributed by atoms with Crippen LogP contribution in [0, 0.1) is 11.8 Å². The summed E-state index contributed by atoms with van der Waals surface area (Å²) in [6.45, 7) is 5.35. The molecule has 1 N–H and O–H groups in total. The highest BCUT2D eigenvalue weighted by molar-refractivity contribution is 6.33. The number of rotatable bonds is 4. The van der Waals surface area contributed by atoms with Crippen LogP contribution in [-0.4, -0.2) is 54.3 Å². The van der Waals surface area contributed by atoms with Crippen molar-refractivity contribution in [1.82, 2.24) is 9.80 Å². The summed E-state index contributed by atoms with van der Waals surface area (Å²) in [6.07, 6.45) is 1.03. The van der Waals surface area contributed by atoms with Crippen LogP contribution in [0.5, 0.6) is 0 Å². The van der Waals surface area contributed by atoms with Gasteiger partial charge in [-0.15, -0.1) is 0 Å². The smallest absolute Gasteiger partial charge is 0.238 e. The van der Waals surface area contributed by atoms with Gasteiger partial charge < -0.3 is 10.2 Å². The molecule has 5 nitrogen and oxygen atoms in total. The van der Waals surface area contributed by atoms with E-state index in [1.54, 1.807) is 12.1 Å². The number of carbonyl (C=O) groups excluding carboxylic acids is 2. The highest BCUT2D eigenvalue weighted by Gasteiger charge is 2.41. The van der Waals surface area contributed by atoms with Gasteiger partial charge in [-0.1, -0.05) is 30.7 Å². The van der Waals surface area contributed by atoms with E-state index >= 15 is 0 Å². The minimum absolute atomic E-state index is 0.0753. The number of anilines is 1. The average molecular weight is 336 g/mol. The van der Waals surface area contributed by atoms with Crippen molar-refractivity contribution in [3.8, 4) is 0 Å². The molecule has 0 bridgehead atoms. The van der Waals surface area contributed by atoms with E-state index in [1.807, 2.05) is 17.0 Å². The number of nitrogens with zero attached hydrogens (tertiary/aromatic N) is 2. The van der Waals surface area contributed by atoms with Crippen LogP contribution >= 0.6 is 11.6 Å². The van der Waals surface area contributed by atoms with E-state index in [4.69, 9.17) is 11.6 Å². The van der Waals surface area contributed by atoms with Crippen molar-refractivity contribution in [1.29, 1.82) is 0 Å². The first-order chi connectivity index (χ1) is 11.0. The topological polar surface area (TPSA) is 52.7 Å². The summed E-state index contributed by atoms with van der Waals surface area (Å²) >= 11 is 6.04. The summed E-state index contributed by atoms with van der Waals surface area (Å²) in [4.78, 5) is 28.3. The van der Waals surface area contributed by atoms with E-state index in [1.165, 1.54) is 0 Å². The van der Waals surface area contributed by atoms with E-state index in [9.17, 15) is 9.59 Å². The van der Waals surface area contributed by atoms with Gasteiger partial charge in [-0.2, -0.15) is 0 Å². The first kappa shape index (κ1) is 16.3. The summed E-state index contributed by atoms with van der Waals surface area (Å²) in [7, 11) is 0. The molecule has 0 unspecified atom stereocenters. The molecule has 0 aromatic heterocycles. The Morgan fingerprint density at radius 3 is 2.48 bits per heavy atom. The fraction of sp³-hybridized carbons (Fsp3) is 0.529. The summed E-state index contributed by atoms with van der Waals surface area (Å²) in [5.41, 5.74) is 0.635. The Labute approximate surface area is 141 Å². The SMILES string of the molecule is C[C@@H]1C[C@H]1C(=O)N1CCN(CC(=O)Nc2ccccc2Cl)CC1. The van der Waals surface area contributed by atoms with Crippen LogP contribution in [0.4, 0.5) is 5.69 Å². The van der Waals surface area contributed by atoms with Gasteiger partial charge in [0.25, 0.3) is 0 Å². The van der Waals surface area contributed by atoms with Gasteiger partial charge in [-0.25, -0.2) is 0 Å². The highest BCUT2D eigenvalue weighted by Crippen LogP contribution is 2.39. The molecule has 1 aliphatic heterocycles. The summed E-state index contributed by atoms with van der Waals surface area (Å²) in [6, 6.07) is 7.20. The number of hydrogen-bond donors (Lipinski definition) is 1. The Hall–Kier alpha value is -1.59. The fourth-order valence-electron chi connectivity index (χ4n) is 2.98. The Balaban J connectivity index is 1.44. The molecule has 6 heteroatoms. The van der Waals surface area contributed by atoms with E-state index in [0.29, 0.717) is 36.3 Å². The molecule has 124 valence electrons. The Morgan fingerprint density at radius 2 is 1.87 bits per heavy atom. The molecule has 3 rings (SSSR count). The summed E-state index contributed by atoms with van der Waals surface area (Å²) < 4.78 is 0. The number of benzene rings is 1. The molecule has 1 saturated heterocycles. The monoisotopic (exact) mass is 335 g/mol. The molecular weight excluding hydrogens is 314 g/mol. The number of hydrogen-bond acceptors (Lipinski definition) is 3. The number of piperazine rings is 1. The third-order valence-electron chi connectivity index (χ3n) is 4.63. The van der Waals surface area contributed by atoms with Crippen LogP contribution in [0.1, 0.15) is 13.3 Å². The van der Waals surface area contributed by atoms with Crippen molar-refractivity contribution in [3.63, 3.8) is 0 Å². The summed E-state index contributed by atoms with van der Waals surface area (Å²) in [5.74, 6) is 0.998. The van der Waals surface area contributed by atoms with Crippen LogP contribution in [0.3, 0.4) is 0 Å². The lowest BCUT2D eigenvalue weighted by Crippen LogP contribution is -2.51. The Kier molecular flexibility index (Phi) is 4.87. The number of carbonyl (C=O) groups is 2. The predicted octanol–water partition coefficient (Wildman–Crippen LogP) is 2.08. The van der Waals surface area contributed by atoms with Gasteiger partial charge >= 0.3 is 0 Å². The number of halogens is 1. The molecule has 2 atom stereocenters. The number of amides is 2. The molecule has 1 aromatic rings. The fourth-order valence-corrected chi connectivity index (χ4v) is 3.17. The molecule has 2 fully saturated rings. The van der Waals surface area contributed by atoms with Gasteiger partial charge in [0.2, 0.25) is 11.8 Å². The van der Waals surface area contributed by atoms with Gasteiger partial charge in [0.05, 0.1) is 17.3 Å². The molecule has 0 radical (unpaired) electrons. The maximum Gasteiger partial charge on any atom is 0.238 e. The molecule has 1 aromatic carbocycles. The quantitative estimate of drug-likeness (QED) is 0.916. The molecule has 23 heavy (non-hydrogen) atoms. The Bertz CT molecular complexity index is 599. The number of nitrogens with one attached hydrogen (secondary N) is 1. The van der Waals surface area contributed by atoms with Gasteiger partial charge in [-0.05, 0) is 24.5 Å². The van der Waals surface area contributed by atoms with Crippen molar-refractivity contribution in [2.75, 3.05) is 38.0 Å². The second kappa shape index (κ2) is 6.89. The van der Waals surface area contributed by atoms with Crippen LogP contribution in [-0.2, 0) is 9.59 Å². The molecule has 0 spiro atoms. The first-order valence-electron chi connectivity index (χ1n) is 8.10. The molecular formula is C17H22ClN3O2. The third kappa shape index (κ3) is 4.03. The molecule has 2 aliphatic rings. The van der Waals surface area contributed by atoms with E-state index < -0.39 is 0 Å². The average Bonchev–Trinajstić information content (AvgIpc) is 3.26. The molecule has 2 amide bonds. The largest absolute Gasteiger partial charge is 0.340 e. The van der Waals surface area contributed by atoms with Crippen LogP contribution in [0.25, 0.3) is 0 Å². The van der Waals surface area contributed by atoms with Crippen molar-refractivity contribution >= 4 is 29.1 Å². The van der Waals surface area contributed by atoms with Gasteiger partial charge in [0.15, 0.2) is 0 Å². The minimum Gasteiger partial charge on any atom is -0.340 e. The lowest BCUT2D eigenvalue weighted by atomic mass is 10.2. The lowest BCUT2D eigenvalue weighted by molar-refractivity contribution is -0.134. The van der Waals surface area contributed by atoms with E-state index in [-0.39, 0.29) is 17.7 Å². The van der Waals surface area contributed by atoms with E-state index in [2.05, 4.69) is 17.1 Å². The van der Waals surface area contributed by atoms with E-state index in [0.717, 1.165) is 19.5 Å². The van der Waals surface area contributed by atoms with Crippen LogP contribution in [0.15, 0.2) is 24.3 Å². The van der Waals surface area contributed by atoms with Gasteiger partial charge in [-0.3, -0.25) is 14.5 Å². The first-order valence-corrected chi connectivity index (χ1v) is 8.48. The van der Waals surface area contributed by atoms with Crippen LogP contribution in [0.2, 0.25) is 5.02 Å². The zero-order chi connectivity index (χ0) is 16.4. The second-order valence-electron chi connectivity index (χ2n) is 6.45. The number of para-hydroxylation sites is 1. The Morgan fingerprint density at radius 1 is 1.22 bits per heavy atom. The molecule has 1 saturated carbocycles. The maximum atomic E-state index is 12.2. The zero-order valence-electron chi connectivity index (χ0n) is 13.3. The molecule has 1 aliphatic carbocycles.